The van der Waals surface area contributed by atoms with E-state index >= 15 is 0 Å². The van der Waals surface area contributed by atoms with Gasteiger partial charge >= 0.3 is 0 Å². The molecule has 21 heavy (non-hydrogen) atoms. The highest BCUT2D eigenvalue weighted by atomic mass is 32.2. The third-order valence-corrected chi connectivity index (χ3v) is 5.44. The van der Waals surface area contributed by atoms with Gasteiger partial charge in [-0.1, -0.05) is 19.1 Å². The Morgan fingerprint density at radius 1 is 1.24 bits per heavy atom. The highest BCUT2D eigenvalue weighted by Crippen LogP contribution is 2.19. The van der Waals surface area contributed by atoms with Crippen LogP contribution in [-0.4, -0.2) is 22.1 Å². The smallest absolute Gasteiger partial charge is 0.240 e. The Morgan fingerprint density at radius 2 is 1.95 bits per heavy atom. The van der Waals surface area contributed by atoms with Crippen LogP contribution >= 0.6 is 11.3 Å². The second-order valence-electron chi connectivity index (χ2n) is 4.63. The van der Waals surface area contributed by atoms with Crippen molar-refractivity contribution in [3.8, 4) is 0 Å². The molecule has 1 aromatic heterocycles. The first kappa shape index (κ1) is 16.2. The van der Waals surface area contributed by atoms with Crippen molar-refractivity contribution >= 4 is 21.4 Å². The molecule has 1 heterocycles. The molecule has 0 saturated carbocycles. The summed E-state index contributed by atoms with van der Waals surface area (Å²) in [7, 11) is -1.93. The summed E-state index contributed by atoms with van der Waals surface area (Å²) < 4.78 is 32.5. The maximum atomic E-state index is 12.3. The minimum absolute atomic E-state index is 0.213. The van der Waals surface area contributed by atoms with Crippen LogP contribution in [0.15, 0.2) is 46.0 Å². The number of nitrogens with one attached hydrogen (secondary N) is 1. The second-order valence-corrected chi connectivity index (χ2v) is 7.18. The molecule has 4 nitrogen and oxygen atoms in total. The van der Waals surface area contributed by atoms with E-state index in [0.717, 1.165) is 17.5 Å². The lowest BCUT2D eigenvalue weighted by molar-refractivity contribution is 0.107. The molecule has 0 aliphatic heterocycles. The van der Waals surface area contributed by atoms with Crippen LogP contribution in [0.25, 0.3) is 0 Å². The lowest BCUT2D eigenvalue weighted by Gasteiger charge is -2.15. The predicted octanol–water partition coefficient (Wildman–Crippen LogP) is 2.98. The number of hydrogen-bond acceptors (Lipinski definition) is 4. The number of benzene rings is 1. The average Bonchev–Trinajstić information content (AvgIpc) is 3.02. The monoisotopic (exact) mass is 325 g/mol. The van der Waals surface area contributed by atoms with Gasteiger partial charge in [0.25, 0.3) is 0 Å². The van der Waals surface area contributed by atoms with Crippen LogP contribution in [0.4, 0.5) is 0 Å². The number of thiophene rings is 1. The van der Waals surface area contributed by atoms with Crippen LogP contribution in [0.5, 0.6) is 0 Å². The summed E-state index contributed by atoms with van der Waals surface area (Å²) in [4.78, 5) is 0.278. The molecule has 6 heteroatoms. The third-order valence-electron chi connectivity index (χ3n) is 3.30. The van der Waals surface area contributed by atoms with E-state index in [4.69, 9.17) is 4.74 Å². The molecule has 1 unspecified atom stereocenters. The average molecular weight is 325 g/mol. The van der Waals surface area contributed by atoms with Crippen molar-refractivity contribution in [1.82, 2.24) is 4.72 Å². The Morgan fingerprint density at radius 3 is 2.48 bits per heavy atom. The topological polar surface area (TPSA) is 55.4 Å². The maximum absolute atomic E-state index is 12.3. The van der Waals surface area contributed by atoms with Gasteiger partial charge in [-0.25, -0.2) is 13.1 Å². The first-order chi connectivity index (χ1) is 10.1. The number of aryl methyl sites for hydroxylation is 1. The predicted molar refractivity (Wildman–Crippen MR) is 85.1 cm³/mol. The zero-order chi connectivity index (χ0) is 15.3. The van der Waals surface area contributed by atoms with Crippen LogP contribution in [0, 0.1) is 0 Å². The van der Waals surface area contributed by atoms with Gasteiger partial charge in [0.15, 0.2) is 0 Å². The molecular weight excluding hydrogens is 306 g/mol. The van der Waals surface area contributed by atoms with Gasteiger partial charge in [0.05, 0.1) is 11.0 Å². The van der Waals surface area contributed by atoms with Crippen molar-refractivity contribution in [1.29, 1.82) is 0 Å². The van der Waals surface area contributed by atoms with Crippen LogP contribution < -0.4 is 4.72 Å². The summed E-state index contributed by atoms with van der Waals surface area (Å²) in [5.41, 5.74) is 2.09. The van der Waals surface area contributed by atoms with Crippen molar-refractivity contribution in [2.45, 2.75) is 24.3 Å². The van der Waals surface area contributed by atoms with Gasteiger partial charge in [-0.15, -0.1) is 0 Å². The first-order valence-corrected chi connectivity index (χ1v) is 9.13. The number of sulfonamides is 1. The van der Waals surface area contributed by atoms with Crippen molar-refractivity contribution in [2.75, 3.05) is 13.7 Å². The van der Waals surface area contributed by atoms with E-state index in [-0.39, 0.29) is 17.5 Å². The fourth-order valence-electron chi connectivity index (χ4n) is 1.97. The fourth-order valence-corrected chi connectivity index (χ4v) is 3.70. The molecule has 2 rings (SSSR count). The van der Waals surface area contributed by atoms with Crippen LogP contribution in [0.1, 0.15) is 24.2 Å². The van der Waals surface area contributed by atoms with Crippen LogP contribution in [0.2, 0.25) is 0 Å². The van der Waals surface area contributed by atoms with Gasteiger partial charge in [0, 0.05) is 13.7 Å². The van der Waals surface area contributed by atoms with Crippen molar-refractivity contribution in [2.24, 2.45) is 0 Å². The molecule has 1 atom stereocenters. The molecular formula is C15H19NO3S2. The summed E-state index contributed by atoms with van der Waals surface area (Å²) in [6, 6.07) is 8.87. The lowest BCUT2D eigenvalue weighted by Crippen LogP contribution is -2.29. The third kappa shape index (κ3) is 4.14. The van der Waals surface area contributed by atoms with Gasteiger partial charge in [0.1, 0.15) is 0 Å². The van der Waals surface area contributed by atoms with Crippen molar-refractivity contribution in [3.63, 3.8) is 0 Å². The molecule has 1 N–H and O–H groups in total. The fraction of sp³-hybridized carbons (Fsp3) is 0.333. The van der Waals surface area contributed by atoms with E-state index in [1.165, 1.54) is 0 Å². The van der Waals surface area contributed by atoms with E-state index < -0.39 is 10.0 Å². The largest absolute Gasteiger partial charge is 0.375 e. The van der Waals surface area contributed by atoms with Crippen molar-refractivity contribution in [3.05, 3.63) is 52.2 Å². The number of methoxy groups -OCH3 is 1. The standard InChI is InChI=1S/C15H19NO3S2/c1-3-12-4-6-14(7-5-12)21(17,18)16-10-15(19-2)13-8-9-20-11-13/h4-9,11,15-16H,3,10H2,1-2H3. The number of ether oxygens (including phenoxy) is 1. The van der Waals surface area contributed by atoms with Crippen LogP contribution in [0.3, 0.4) is 0 Å². The molecule has 0 aliphatic carbocycles. The van der Waals surface area contributed by atoms with Gasteiger partial charge < -0.3 is 4.74 Å². The molecule has 0 radical (unpaired) electrons. The van der Waals surface area contributed by atoms with Gasteiger partial charge in [-0.05, 0) is 46.5 Å². The lowest BCUT2D eigenvalue weighted by atomic mass is 10.2. The normalized spacial score (nSPS) is 13.2. The summed E-state index contributed by atoms with van der Waals surface area (Å²) in [5, 5.41) is 3.90. The highest BCUT2D eigenvalue weighted by molar-refractivity contribution is 7.89. The Balaban J connectivity index is 2.06. The molecule has 2 aromatic rings. The molecule has 0 fully saturated rings. The Bertz CT molecular complexity index is 649. The van der Waals surface area contributed by atoms with Gasteiger partial charge in [-0.3, -0.25) is 0 Å². The molecule has 0 spiro atoms. The quantitative estimate of drug-likeness (QED) is 0.851. The maximum Gasteiger partial charge on any atom is 0.240 e. The van der Waals surface area contributed by atoms with Crippen LogP contribution in [-0.2, 0) is 21.2 Å². The summed E-state index contributed by atoms with van der Waals surface area (Å²) in [6.07, 6.45) is 0.610. The minimum atomic E-state index is -3.51. The Labute approximate surface area is 129 Å². The van der Waals surface area contributed by atoms with E-state index in [0.29, 0.717) is 0 Å². The van der Waals surface area contributed by atoms with Crippen molar-refractivity contribution < 1.29 is 13.2 Å². The molecule has 0 saturated heterocycles. The van der Waals surface area contributed by atoms with Gasteiger partial charge in [-0.2, -0.15) is 11.3 Å². The highest BCUT2D eigenvalue weighted by Gasteiger charge is 2.18. The number of rotatable bonds is 7. The molecule has 0 aliphatic rings. The molecule has 0 bridgehead atoms. The molecule has 114 valence electrons. The van der Waals surface area contributed by atoms with E-state index in [1.54, 1.807) is 30.6 Å². The van der Waals surface area contributed by atoms with E-state index in [9.17, 15) is 8.42 Å². The van der Waals surface area contributed by atoms with E-state index in [1.807, 2.05) is 35.9 Å². The first-order valence-electron chi connectivity index (χ1n) is 6.70. The molecule has 0 amide bonds. The zero-order valence-electron chi connectivity index (χ0n) is 12.1. The van der Waals surface area contributed by atoms with E-state index in [2.05, 4.69) is 4.72 Å². The summed E-state index contributed by atoms with van der Waals surface area (Å²) >= 11 is 1.56. The Hall–Kier alpha value is -1.21. The molecule has 1 aromatic carbocycles. The Kier molecular flexibility index (Phi) is 5.52. The second kappa shape index (κ2) is 7.17. The summed E-state index contributed by atoms with van der Waals surface area (Å²) in [5.74, 6) is 0. The zero-order valence-corrected chi connectivity index (χ0v) is 13.7. The summed E-state index contributed by atoms with van der Waals surface area (Å²) in [6.45, 7) is 2.25. The number of hydrogen-bond donors (Lipinski definition) is 1. The SMILES string of the molecule is CCc1ccc(S(=O)(=O)NCC(OC)c2ccsc2)cc1. The van der Waals surface area contributed by atoms with Gasteiger partial charge in [0.2, 0.25) is 10.0 Å². The minimum Gasteiger partial charge on any atom is -0.375 e.